The molecule has 3 aromatic carbocycles. The Hall–Kier alpha value is -3.45. The standard InChI is InChI=1S/C25H16O/c26-24-16-15-23(21-11-5-6-12-22(21)24)25-19-9-3-1-7-17(19)13-14-18-8-2-4-10-20(18)25/h1-16H. The molecular weight excluding hydrogens is 316 g/mol. The highest BCUT2D eigenvalue weighted by molar-refractivity contribution is 6.17. The second-order valence-electron chi connectivity index (χ2n) is 6.54. The number of fused-ring (bicyclic) bond motifs is 3. The van der Waals surface area contributed by atoms with Crippen molar-refractivity contribution in [1.82, 2.24) is 0 Å². The van der Waals surface area contributed by atoms with Gasteiger partial charge in [0.1, 0.15) is 0 Å². The summed E-state index contributed by atoms with van der Waals surface area (Å²) < 4.78 is 0. The Kier molecular flexibility index (Phi) is 3.32. The van der Waals surface area contributed by atoms with Crippen LogP contribution in [0.5, 0.6) is 0 Å². The number of benzene rings is 3. The lowest BCUT2D eigenvalue weighted by atomic mass is 9.82. The molecule has 0 heterocycles. The van der Waals surface area contributed by atoms with E-state index in [1.165, 1.54) is 27.8 Å². The molecule has 3 aromatic rings. The molecule has 0 radical (unpaired) electrons. The summed E-state index contributed by atoms with van der Waals surface area (Å²) in [6, 6.07) is 24.8. The fourth-order valence-corrected chi connectivity index (χ4v) is 3.84. The quantitative estimate of drug-likeness (QED) is 0.393. The van der Waals surface area contributed by atoms with Crippen LogP contribution in [0.1, 0.15) is 38.2 Å². The van der Waals surface area contributed by atoms with Crippen LogP contribution in [0.15, 0.2) is 84.9 Å². The molecule has 5 rings (SSSR count). The molecular formula is C25H16O. The maximum Gasteiger partial charge on any atom is 0.186 e. The van der Waals surface area contributed by atoms with E-state index in [-0.39, 0.29) is 5.78 Å². The zero-order valence-electron chi connectivity index (χ0n) is 14.1. The van der Waals surface area contributed by atoms with Crippen LogP contribution in [-0.4, -0.2) is 5.78 Å². The molecule has 2 aliphatic carbocycles. The van der Waals surface area contributed by atoms with E-state index in [2.05, 4.69) is 60.7 Å². The van der Waals surface area contributed by atoms with Crippen molar-refractivity contribution in [2.45, 2.75) is 0 Å². The molecule has 0 saturated carbocycles. The Bertz CT molecular complexity index is 1090. The van der Waals surface area contributed by atoms with Crippen molar-refractivity contribution in [3.8, 4) is 0 Å². The third-order valence-corrected chi connectivity index (χ3v) is 5.06. The lowest BCUT2D eigenvalue weighted by Crippen LogP contribution is -2.07. The topological polar surface area (TPSA) is 17.1 Å². The Balaban J connectivity index is 1.93. The van der Waals surface area contributed by atoms with E-state index >= 15 is 0 Å². The monoisotopic (exact) mass is 332 g/mol. The Morgan fingerprint density at radius 2 is 0.962 bits per heavy atom. The summed E-state index contributed by atoms with van der Waals surface area (Å²) in [6.07, 6.45) is 8.00. The van der Waals surface area contributed by atoms with Crippen LogP contribution in [0.3, 0.4) is 0 Å². The van der Waals surface area contributed by atoms with E-state index < -0.39 is 0 Å². The van der Waals surface area contributed by atoms with Gasteiger partial charge in [-0.3, -0.25) is 4.79 Å². The zero-order valence-corrected chi connectivity index (χ0v) is 14.1. The van der Waals surface area contributed by atoms with E-state index in [0.29, 0.717) is 0 Å². The molecule has 0 unspecified atom stereocenters. The highest BCUT2D eigenvalue weighted by Gasteiger charge is 2.23. The molecule has 1 nitrogen and oxygen atoms in total. The number of rotatable bonds is 0. The SMILES string of the molecule is O=C1C=CC(=C2c3ccccc3C=Cc3ccccc32)c2ccccc21. The van der Waals surface area contributed by atoms with E-state index in [0.717, 1.165) is 16.7 Å². The number of allylic oxidation sites excluding steroid dienone is 3. The number of carbonyl (C=O) groups is 1. The van der Waals surface area contributed by atoms with Crippen LogP contribution in [0.2, 0.25) is 0 Å². The first kappa shape index (κ1) is 14.9. The van der Waals surface area contributed by atoms with Crippen molar-refractivity contribution >= 4 is 29.1 Å². The molecule has 0 bridgehead atoms. The summed E-state index contributed by atoms with van der Waals surface area (Å²) in [5.41, 5.74) is 8.81. The molecule has 26 heavy (non-hydrogen) atoms. The molecule has 0 amide bonds. The maximum absolute atomic E-state index is 12.4. The molecule has 0 N–H and O–H groups in total. The Morgan fingerprint density at radius 3 is 1.58 bits per heavy atom. The largest absolute Gasteiger partial charge is 0.289 e. The average molecular weight is 332 g/mol. The number of ketones is 1. The van der Waals surface area contributed by atoms with Gasteiger partial charge in [0.05, 0.1) is 0 Å². The summed E-state index contributed by atoms with van der Waals surface area (Å²) >= 11 is 0. The zero-order chi connectivity index (χ0) is 17.5. The first-order valence-corrected chi connectivity index (χ1v) is 8.76. The Labute approximate surface area is 152 Å². The Morgan fingerprint density at radius 1 is 0.462 bits per heavy atom. The van der Waals surface area contributed by atoms with E-state index in [1.807, 2.05) is 30.3 Å². The van der Waals surface area contributed by atoms with Gasteiger partial charge in [0.2, 0.25) is 0 Å². The predicted molar refractivity (Wildman–Crippen MR) is 108 cm³/mol. The highest BCUT2D eigenvalue weighted by atomic mass is 16.1. The number of carbonyl (C=O) groups excluding carboxylic acids is 1. The predicted octanol–water partition coefficient (Wildman–Crippen LogP) is 5.88. The average Bonchev–Trinajstić information content (AvgIpc) is 2.86. The summed E-state index contributed by atoms with van der Waals surface area (Å²) in [5.74, 6) is 0.0678. The fraction of sp³-hybridized carbons (Fsp3) is 0. The van der Waals surface area contributed by atoms with Gasteiger partial charge >= 0.3 is 0 Å². The fourth-order valence-electron chi connectivity index (χ4n) is 3.84. The van der Waals surface area contributed by atoms with Crippen molar-refractivity contribution in [2.75, 3.05) is 0 Å². The van der Waals surface area contributed by atoms with Crippen LogP contribution in [0.25, 0.3) is 23.3 Å². The van der Waals surface area contributed by atoms with Crippen LogP contribution >= 0.6 is 0 Å². The third kappa shape index (κ3) is 2.21. The summed E-state index contributed by atoms with van der Waals surface area (Å²) in [7, 11) is 0. The third-order valence-electron chi connectivity index (χ3n) is 5.06. The van der Waals surface area contributed by atoms with E-state index in [4.69, 9.17) is 0 Å². The first-order valence-electron chi connectivity index (χ1n) is 8.76. The molecule has 0 saturated heterocycles. The summed E-state index contributed by atoms with van der Waals surface area (Å²) in [4.78, 5) is 12.4. The van der Waals surface area contributed by atoms with Gasteiger partial charge in [-0.05, 0) is 51.1 Å². The lowest BCUT2D eigenvalue weighted by Gasteiger charge is -2.20. The number of hydrogen-bond donors (Lipinski definition) is 0. The molecule has 0 atom stereocenters. The minimum absolute atomic E-state index is 0.0678. The van der Waals surface area contributed by atoms with Crippen LogP contribution in [0, 0.1) is 0 Å². The number of hydrogen-bond acceptors (Lipinski definition) is 1. The van der Waals surface area contributed by atoms with Gasteiger partial charge in [0.15, 0.2) is 5.78 Å². The van der Waals surface area contributed by atoms with Crippen molar-refractivity contribution in [3.05, 3.63) is 118 Å². The van der Waals surface area contributed by atoms with Gasteiger partial charge in [-0.25, -0.2) is 0 Å². The minimum atomic E-state index is 0.0678. The van der Waals surface area contributed by atoms with Gasteiger partial charge in [-0.1, -0.05) is 84.9 Å². The second-order valence-corrected chi connectivity index (χ2v) is 6.54. The van der Waals surface area contributed by atoms with Gasteiger partial charge in [-0.2, -0.15) is 0 Å². The molecule has 0 fully saturated rings. The van der Waals surface area contributed by atoms with Crippen LogP contribution < -0.4 is 0 Å². The van der Waals surface area contributed by atoms with Gasteiger partial charge in [0, 0.05) is 5.56 Å². The van der Waals surface area contributed by atoms with Gasteiger partial charge < -0.3 is 0 Å². The first-order chi connectivity index (χ1) is 12.8. The van der Waals surface area contributed by atoms with Crippen LogP contribution in [0.4, 0.5) is 0 Å². The molecule has 0 aliphatic heterocycles. The molecule has 122 valence electrons. The van der Waals surface area contributed by atoms with Crippen LogP contribution in [-0.2, 0) is 0 Å². The normalized spacial score (nSPS) is 14.5. The van der Waals surface area contributed by atoms with Crippen molar-refractivity contribution in [3.63, 3.8) is 0 Å². The molecule has 1 heteroatoms. The molecule has 2 aliphatic rings. The maximum atomic E-state index is 12.4. The summed E-state index contributed by atoms with van der Waals surface area (Å²) in [5, 5.41) is 0. The van der Waals surface area contributed by atoms with Crippen molar-refractivity contribution in [1.29, 1.82) is 0 Å². The summed E-state index contributed by atoms with van der Waals surface area (Å²) in [6.45, 7) is 0. The van der Waals surface area contributed by atoms with Gasteiger partial charge in [-0.15, -0.1) is 0 Å². The highest BCUT2D eigenvalue weighted by Crippen LogP contribution is 2.41. The lowest BCUT2D eigenvalue weighted by molar-refractivity contribution is 0.104. The second kappa shape index (κ2) is 5.82. The minimum Gasteiger partial charge on any atom is -0.289 e. The molecule has 0 spiro atoms. The van der Waals surface area contributed by atoms with E-state index in [1.54, 1.807) is 6.08 Å². The van der Waals surface area contributed by atoms with Crippen molar-refractivity contribution < 1.29 is 4.79 Å². The molecule has 0 aromatic heterocycles. The van der Waals surface area contributed by atoms with E-state index in [9.17, 15) is 4.79 Å². The van der Waals surface area contributed by atoms with Gasteiger partial charge in [0.25, 0.3) is 0 Å². The van der Waals surface area contributed by atoms with Crippen molar-refractivity contribution in [2.24, 2.45) is 0 Å². The smallest absolute Gasteiger partial charge is 0.186 e.